The number of carboxylic acids is 3. The maximum atomic E-state index is 10.3. The van der Waals surface area contributed by atoms with Gasteiger partial charge < -0.3 is 26.1 Å². The van der Waals surface area contributed by atoms with Gasteiger partial charge in [-0.3, -0.25) is 14.4 Å². The number of carboxylic acid groups (broad SMARTS) is 3. The van der Waals surface area contributed by atoms with E-state index in [1.807, 2.05) is 0 Å². The summed E-state index contributed by atoms with van der Waals surface area (Å²) >= 11 is 0. The largest absolute Gasteiger partial charge is 1.00 e. The van der Waals surface area contributed by atoms with Crippen molar-refractivity contribution in [2.45, 2.75) is 154 Å². The van der Waals surface area contributed by atoms with Crippen LogP contribution in [0.3, 0.4) is 0 Å². The van der Waals surface area contributed by atoms with Crippen LogP contribution in [0.2, 0.25) is 0 Å². The normalized spacial score (nSPS) is 10.3. The minimum atomic E-state index is -0.759. The first kappa shape index (κ1) is 51.5. The number of carbonyl (C=O) groups is 3. The predicted octanol–water partition coefficient (Wildman–Crippen LogP) is -4.34. The standard InChI is InChI=1S/C18H36O3.C9H16O4.4Li.4H/c1-2-3-4-11-14-17(19)15-12-9-7-5-6-8-10-13-16-18(20)21;10-8(11)6-4-2-1-3-5-7-9(12)13;;;;;;;;/h17,19H,2-16H2,1H3,(H,20,21);1-7H2,(H,10,11)(H,12,13);;;;;;;;/q;;4*+1;4*-1. The first-order chi connectivity index (χ1) is 16.3. The van der Waals surface area contributed by atoms with Crippen LogP contribution in [0, 0.1) is 0 Å². The summed E-state index contributed by atoms with van der Waals surface area (Å²) < 4.78 is 0. The Kier molecular flexibility index (Phi) is 57.2. The van der Waals surface area contributed by atoms with Gasteiger partial charge in [0.1, 0.15) is 0 Å². The number of aliphatic hydroxyl groups excluding tert-OH is 1. The van der Waals surface area contributed by atoms with Crippen LogP contribution < -0.4 is 75.4 Å². The van der Waals surface area contributed by atoms with Gasteiger partial charge in [0.15, 0.2) is 0 Å². The number of aliphatic hydroxyl groups is 1. The molecule has 0 saturated carbocycles. The fourth-order valence-electron chi connectivity index (χ4n) is 3.75. The molecule has 0 fully saturated rings. The van der Waals surface area contributed by atoms with Crippen LogP contribution in [0.5, 0.6) is 0 Å². The van der Waals surface area contributed by atoms with Crippen molar-refractivity contribution in [3.63, 3.8) is 0 Å². The molecular formula is C27H56Li4O7. The molecule has 0 aromatic carbocycles. The van der Waals surface area contributed by atoms with Gasteiger partial charge in [-0.25, -0.2) is 0 Å². The van der Waals surface area contributed by atoms with Crippen molar-refractivity contribution in [2.24, 2.45) is 0 Å². The van der Waals surface area contributed by atoms with E-state index < -0.39 is 17.9 Å². The Hall–Kier alpha value is 0.760. The van der Waals surface area contributed by atoms with Gasteiger partial charge in [0.25, 0.3) is 0 Å². The molecule has 0 spiro atoms. The third-order valence-electron chi connectivity index (χ3n) is 5.85. The summed E-state index contributed by atoms with van der Waals surface area (Å²) in [6.07, 6.45) is 20.8. The van der Waals surface area contributed by atoms with Crippen LogP contribution in [0.4, 0.5) is 0 Å². The van der Waals surface area contributed by atoms with E-state index >= 15 is 0 Å². The third-order valence-corrected chi connectivity index (χ3v) is 5.85. The van der Waals surface area contributed by atoms with Crippen molar-refractivity contribution in [2.75, 3.05) is 0 Å². The second-order valence-electron chi connectivity index (χ2n) is 9.32. The Bertz CT molecular complexity index is 499. The summed E-state index contributed by atoms with van der Waals surface area (Å²) in [5.41, 5.74) is 0. The van der Waals surface area contributed by atoms with Gasteiger partial charge in [-0.15, -0.1) is 0 Å². The molecule has 0 aliphatic rings. The van der Waals surface area contributed by atoms with Crippen molar-refractivity contribution in [1.29, 1.82) is 0 Å². The Morgan fingerprint density at radius 3 is 0.974 bits per heavy atom. The molecule has 210 valence electrons. The zero-order chi connectivity index (χ0) is 25.9. The second kappa shape index (κ2) is 42.2. The quantitative estimate of drug-likeness (QED) is 0.0748. The SMILES string of the molecule is CCCCCCC(O)CCCCCCCCCCC(=O)O.O=C(O)CCCCCCCC(=O)O.[H-].[H-].[H-].[H-].[Li+].[Li+].[Li+].[Li+]. The number of unbranched alkanes of at least 4 members (excludes halogenated alkanes) is 14. The number of hydrogen-bond donors (Lipinski definition) is 4. The molecular weight excluding hydrogens is 464 g/mol. The molecule has 0 saturated heterocycles. The van der Waals surface area contributed by atoms with E-state index in [0.29, 0.717) is 19.3 Å². The zero-order valence-corrected chi connectivity index (χ0v) is 25.6. The molecule has 4 N–H and O–H groups in total. The van der Waals surface area contributed by atoms with Gasteiger partial charge in [0.2, 0.25) is 0 Å². The summed E-state index contributed by atoms with van der Waals surface area (Å²) in [7, 11) is 0. The van der Waals surface area contributed by atoms with E-state index in [1.165, 1.54) is 51.4 Å². The van der Waals surface area contributed by atoms with Crippen LogP contribution in [-0.2, 0) is 14.4 Å². The molecule has 0 aliphatic heterocycles. The first-order valence-corrected chi connectivity index (χ1v) is 13.6. The molecule has 38 heavy (non-hydrogen) atoms. The minimum absolute atomic E-state index is 0. The van der Waals surface area contributed by atoms with Crippen molar-refractivity contribution in [3.8, 4) is 0 Å². The summed E-state index contributed by atoms with van der Waals surface area (Å²) in [6.45, 7) is 2.21. The van der Waals surface area contributed by atoms with Crippen molar-refractivity contribution in [3.05, 3.63) is 0 Å². The smallest absolute Gasteiger partial charge is 1.00 e. The minimum Gasteiger partial charge on any atom is -1.00 e. The van der Waals surface area contributed by atoms with E-state index in [0.717, 1.165) is 57.8 Å². The van der Waals surface area contributed by atoms with Crippen LogP contribution in [0.25, 0.3) is 0 Å². The van der Waals surface area contributed by atoms with Gasteiger partial charge in [-0.05, 0) is 32.1 Å². The third kappa shape index (κ3) is 53.1. The Morgan fingerprint density at radius 2 is 0.711 bits per heavy atom. The molecule has 0 rings (SSSR count). The van der Waals surface area contributed by atoms with Gasteiger partial charge in [0, 0.05) is 19.3 Å². The number of hydrogen-bond acceptors (Lipinski definition) is 4. The van der Waals surface area contributed by atoms with Crippen molar-refractivity contribution in [1.82, 2.24) is 0 Å². The van der Waals surface area contributed by atoms with Crippen LogP contribution >= 0.6 is 0 Å². The molecule has 0 bridgehead atoms. The Balaban J connectivity index is -0.0000000546. The van der Waals surface area contributed by atoms with Crippen LogP contribution in [-0.4, -0.2) is 44.4 Å². The van der Waals surface area contributed by atoms with Crippen LogP contribution in [0.1, 0.15) is 154 Å². The van der Waals surface area contributed by atoms with E-state index in [9.17, 15) is 19.5 Å². The van der Waals surface area contributed by atoms with E-state index in [1.54, 1.807) is 0 Å². The summed E-state index contributed by atoms with van der Waals surface area (Å²) in [6, 6.07) is 0. The topological polar surface area (TPSA) is 132 Å². The number of rotatable bonds is 24. The maximum Gasteiger partial charge on any atom is 1.00 e. The Labute approximate surface area is 286 Å². The summed E-state index contributed by atoms with van der Waals surface area (Å²) in [5.74, 6) is -2.20. The summed E-state index contributed by atoms with van der Waals surface area (Å²) in [5, 5.41) is 35.0. The maximum absolute atomic E-state index is 10.3. The molecule has 0 aromatic rings. The Morgan fingerprint density at radius 1 is 0.474 bits per heavy atom. The zero-order valence-electron chi connectivity index (χ0n) is 29.6. The molecule has 0 amide bonds. The van der Waals surface area contributed by atoms with E-state index in [-0.39, 0.29) is 100 Å². The van der Waals surface area contributed by atoms with Gasteiger partial charge in [-0.2, -0.15) is 0 Å². The van der Waals surface area contributed by atoms with Gasteiger partial charge >= 0.3 is 93.4 Å². The average Bonchev–Trinajstić information content (AvgIpc) is 2.77. The molecule has 11 heteroatoms. The molecule has 0 heterocycles. The van der Waals surface area contributed by atoms with Gasteiger partial charge in [0.05, 0.1) is 6.10 Å². The van der Waals surface area contributed by atoms with E-state index in [4.69, 9.17) is 15.3 Å². The van der Waals surface area contributed by atoms with Crippen molar-refractivity contribution >= 4 is 17.9 Å². The molecule has 1 unspecified atom stereocenters. The molecule has 0 radical (unpaired) electrons. The molecule has 0 aromatic heterocycles. The fourth-order valence-corrected chi connectivity index (χ4v) is 3.75. The summed E-state index contributed by atoms with van der Waals surface area (Å²) in [4.78, 5) is 30.5. The number of aliphatic carboxylic acids is 3. The van der Waals surface area contributed by atoms with E-state index in [2.05, 4.69) is 6.92 Å². The van der Waals surface area contributed by atoms with Crippen LogP contribution in [0.15, 0.2) is 0 Å². The van der Waals surface area contributed by atoms with Gasteiger partial charge in [-0.1, -0.05) is 96.8 Å². The molecule has 7 nitrogen and oxygen atoms in total. The molecule has 0 aliphatic carbocycles. The monoisotopic (exact) mass is 520 g/mol. The predicted molar refractivity (Wildman–Crippen MR) is 141 cm³/mol. The first-order valence-electron chi connectivity index (χ1n) is 13.6. The fraction of sp³-hybridized carbons (Fsp3) is 0.889. The average molecular weight is 521 g/mol. The van der Waals surface area contributed by atoms with Crippen molar-refractivity contribution < 1.29 is 116 Å². The molecule has 1 atom stereocenters. The second-order valence-corrected chi connectivity index (χ2v) is 9.32.